The van der Waals surface area contributed by atoms with Crippen LogP contribution in [0.4, 0.5) is 0 Å². The van der Waals surface area contributed by atoms with E-state index in [1.54, 1.807) is 7.11 Å². The van der Waals surface area contributed by atoms with Gasteiger partial charge in [-0.2, -0.15) is 0 Å². The summed E-state index contributed by atoms with van der Waals surface area (Å²) in [7, 11) is 1.68. The number of ether oxygens (including phenoxy) is 1. The molecule has 1 N–H and O–H groups in total. The number of pyridine rings is 1. The third kappa shape index (κ3) is 2.70. The second-order valence-corrected chi connectivity index (χ2v) is 6.12. The molecule has 19 heavy (non-hydrogen) atoms. The molecule has 0 bridgehead atoms. The molecule has 0 amide bonds. The molecule has 3 nitrogen and oxygen atoms in total. The van der Waals surface area contributed by atoms with Gasteiger partial charge in [0, 0.05) is 12.7 Å². The lowest BCUT2D eigenvalue weighted by molar-refractivity contribution is 0.279. The van der Waals surface area contributed by atoms with Crippen LogP contribution in [0.3, 0.4) is 0 Å². The minimum absolute atomic E-state index is 0.687. The molecule has 1 saturated heterocycles. The molecular formula is C15H19BrN2O. The summed E-state index contributed by atoms with van der Waals surface area (Å²) >= 11 is 3.40. The van der Waals surface area contributed by atoms with E-state index in [-0.39, 0.29) is 0 Å². The highest BCUT2D eigenvalue weighted by Crippen LogP contribution is 2.37. The predicted octanol–water partition coefficient (Wildman–Crippen LogP) is 3.26. The molecule has 2 heterocycles. The molecule has 1 aliphatic heterocycles. The van der Waals surface area contributed by atoms with E-state index in [1.165, 1.54) is 30.5 Å². The number of methoxy groups -OCH3 is 1. The molecule has 0 spiro atoms. The van der Waals surface area contributed by atoms with Crippen molar-refractivity contribution in [2.75, 3.05) is 20.2 Å². The summed E-state index contributed by atoms with van der Waals surface area (Å²) in [6.45, 7) is 2.30. The highest BCUT2D eigenvalue weighted by atomic mass is 79.9. The fourth-order valence-corrected chi connectivity index (χ4v) is 3.54. The molecule has 2 atom stereocenters. The van der Waals surface area contributed by atoms with Gasteiger partial charge in [0.15, 0.2) is 5.75 Å². The van der Waals surface area contributed by atoms with Crippen molar-refractivity contribution in [3.8, 4) is 5.75 Å². The third-order valence-corrected chi connectivity index (χ3v) is 4.87. The maximum atomic E-state index is 5.33. The van der Waals surface area contributed by atoms with Crippen LogP contribution in [0.2, 0.25) is 0 Å². The van der Waals surface area contributed by atoms with Gasteiger partial charge in [-0.3, -0.25) is 0 Å². The van der Waals surface area contributed by atoms with Gasteiger partial charge >= 0.3 is 0 Å². The summed E-state index contributed by atoms with van der Waals surface area (Å²) in [5.74, 6) is 2.37. The van der Waals surface area contributed by atoms with E-state index >= 15 is 0 Å². The van der Waals surface area contributed by atoms with Gasteiger partial charge in [0.05, 0.1) is 7.11 Å². The number of rotatable bonds is 2. The third-order valence-electron chi connectivity index (χ3n) is 4.27. The average molecular weight is 323 g/mol. The van der Waals surface area contributed by atoms with Crippen molar-refractivity contribution in [3.05, 3.63) is 28.5 Å². The summed E-state index contributed by atoms with van der Waals surface area (Å²) in [5, 5.41) is 3.50. The first-order chi connectivity index (χ1) is 9.28. The minimum Gasteiger partial charge on any atom is -0.494 e. The molecule has 0 aromatic carbocycles. The largest absolute Gasteiger partial charge is 0.494 e. The zero-order valence-corrected chi connectivity index (χ0v) is 12.7. The first-order valence-electron chi connectivity index (χ1n) is 6.89. The molecule has 4 heteroatoms. The number of hydrogen-bond acceptors (Lipinski definition) is 3. The Hall–Kier alpha value is -0.870. The van der Waals surface area contributed by atoms with Crippen molar-refractivity contribution >= 4 is 21.5 Å². The summed E-state index contributed by atoms with van der Waals surface area (Å²) in [6.07, 6.45) is 8.17. The number of aromatic nitrogens is 1. The molecule has 3 rings (SSSR count). The minimum atomic E-state index is 0.687. The second kappa shape index (κ2) is 5.63. The highest BCUT2D eigenvalue weighted by molar-refractivity contribution is 9.10. The molecule has 1 aromatic heterocycles. The number of nitrogens with zero attached hydrogens (tertiary/aromatic N) is 1. The van der Waals surface area contributed by atoms with Crippen molar-refractivity contribution in [1.29, 1.82) is 0 Å². The smallest absolute Gasteiger partial charge is 0.152 e. The molecule has 2 unspecified atom stereocenters. The number of piperidine rings is 1. The predicted molar refractivity (Wildman–Crippen MR) is 80.2 cm³/mol. The lowest BCUT2D eigenvalue weighted by atomic mass is 9.76. The highest BCUT2D eigenvalue weighted by Gasteiger charge is 2.27. The van der Waals surface area contributed by atoms with Crippen LogP contribution < -0.4 is 10.1 Å². The van der Waals surface area contributed by atoms with Crippen LogP contribution >= 0.6 is 15.9 Å². The molecule has 102 valence electrons. The van der Waals surface area contributed by atoms with E-state index in [0.29, 0.717) is 5.92 Å². The molecule has 1 fully saturated rings. The zero-order chi connectivity index (χ0) is 13.2. The quantitative estimate of drug-likeness (QED) is 0.849. The van der Waals surface area contributed by atoms with Gasteiger partial charge in [-0.25, -0.2) is 4.98 Å². The summed E-state index contributed by atoms with van der Waals surface area (Å²) < 4.78 is 6.10. The fraction of sp³-hybridized carbons (Fsp3) is 0.533. The molecule has 1 aromatic rings. The van der Waals surface area contributed by atoms with Gasteiger partial charge in [0.2, 0.25) is 0 Å². The number of allylic oxidation sites excluding steroid dienone is 1. The number of halogens is 1. The Balaban J connectivity index is 1.87. The number of hydrogen-bond donors (Lipinski definition) is 1. The van der Waals surface area contributed by atoms with Crippen molar-refractivity contribution < 1.29 is 4.74 Å². The summed E-state index contributed by atoms with van der Waals surface area (Å²) in [6, 6.07) is 2.08. The van der Waals surface area contributed by atoms with E-state index in [1.807, 2.05) is 6.20 Å². The van der Waals surface area contributed by atoms with Crippen molar-refractivity contribution in [1.82, 2.24) is 10.3 Å². The molecule has 0 saturated carbocycles. The van der Waals surface area contributed by atoms with Gasteiger partial charge in [-0.15, -0.1) is 0 Å². The molecular weight excluding hydrogens is 304 g/mol. The Morgan fingerprint density at radius 2 is 2.32 bits per heavy atom. The SMILES string of the molecule is COc1cc(C2=CC3CNCCC3CC2)cnc1Br. The van der Waals surface area contributed by atoms with Crippen molar-refractivity contribution in [3.63, 3.8) is 0 Å². The second-order valence-electron chi connectivity index (χ2n) is 5.36. The molecule has 2 aliphatic rings. The Bertz CT molecular complexity index is 501. The monoisotopic (exact) mass is 322 g/mol. The standard InChI is InChI=1S/C15H19BrN2O/c1-19-14-7-13(9-18-15(14)16)11-3-2-10-4-5-17-8-12(10)6-11/h6-7,9-10,12,17H,2-5,8H2,1H3. The first-order valence-corrected chi connectivity index (χ1v) is 7.68. The van der Waals surface area contributed by atoms with E-state index < -0.39 is 0 Å². The molecule has 0 radical (unpaired) electrons. The van der Waals surface area contributed by atoms with E-state index in [2.05, 4.69) is 38.4 Å². The van der Waals surface area contributed by atoms with Gasteiger partial charge < -0.3 is 10.1 Å². The maximum Gasteiger partial charge on any atom is 0.152 e. The summed E-state index contributed by atoms with van der Waals surface area (Å²) in [4.78, 5) is 4.36. The van der Waals surface area contributed by atoms with Crippen LogP contribution in [0.5, 0.6) is 5.75 Å². The van der Waals surface area contributed by atoms with Crippen molar-refractivity contribution in [2.24, 2.45) is 11.8 Å². The van der Waals surface area contributed by atoms with Gasteiger partial charge in [0.25, 0.3) is 0 Å². The first kappa shape index (κ1) is 13.1. The number of fused-ring (bicyclic) bond motifs is 1. The van der Waals surface area contributed by atoms with Gasteiger partial charge in [-0.1, -0.05) is 6.08 Å². The van der Waals surface area contributed by atoms with Crippen LogP contribution in [0.1, 0.15) is 24.8 Å². The Morgan fingerprint density at radius 1 is 1.42 bits per heavy atom. The lowest BCUT2D eigenvalue weighted by Crippen LogP contribution is -2.37. The zero-order valence-electron chi connectivity index (χ0n) is 11.2. The van der Waals surface area contributed by atoms with E-state index in [0.717, 1.165) is 29.2 Å². The van der Waals surface area contributed by atoms with E-state index in [9.17, 15) is 0 Å². The van der Waals surface area contributed by atoms with Crippen LogP contribution in [-0.4, -0.2) is 25.2 Å². The topological polar surface area (TPSA) is 34.1 Å². The van der Waals surface area contributed by atoms with Crippen LogP contribution in [0, 0.1) is 11.8 Å². The van der Waals surface area contributed by atoms with E-state index in [4.69, 9.17) is 4.74 Å². The number of nitrogens with one attached hydrogen (secondary N) is 1. The maximum absolute atomic E-state index is 5.33. The molecule has 1 aliphatic carbocycles. The Kier molecular flexibility index (Phi) is 3.89. The van der Waals surface area contributed by atoms with Gasteiger partial charge in [0.1, 0.15) is 4.60 Å². The fourth-order valence-electron chi connectivity index (χ4n) is 3.16. The van der Waals surface area contributed by atoms with Crippen LogP contribution in [0.15, 0.2) is 22.9 Å². The Morgan fingerprint density at radius 3 is 3.16 bits per heavy atom. The summed E-state index contributed by atoms with van der Waals surface area (Å²) in [5.41, 5.74) is 2.62. The lowest BCUT2D eigenvalue weighted by Gasteiger charge is -2.34. The van der Waals surface area contributed by atoms with Crippen LogP contribution in [-0.2, 0) is 0 Å². The van der Waals surface area contributed by atoms with Gasteiger partial charge in [-0.05, 0) is 70.8 Å². The average Bonchev–Trinajstić information content (AvgIpc) is 2.47. The Labute approximate surface area is 122 Å². The van der Waals surface area contributed by atoms with Crippen LogP contribution in [0.25, 0.3) is 5.57 Å². The normalized spacial score (nSPS) is 26.5. The van der Waals surface area contributed by atoms with Crippen molar-refractivity contribution in [2.45, 2.75) is 19.3 Å².